The second kappa shape index (κ2) is 15.5. The summed E-state index contributed by atoms with van der Waals surface area (Å²) in [6.07, 6.45) is 27.1. The average Bonchev–Trinajstić information content (AvgIpc) is 3.26. The smallest absolute Gasteiger partial charge is 0.0525 e. The van der Waals surface area contributed by atoms with Gasteiger partial charge in [-0.25, -0.2) is 0 Å². The summed E-state index contributed by atoms with van der Waals surface area (Å²) in [5.74, 6) is 1.01. The molecule has 0 N–H and O–H groups in total. The summed E-state index contributed by atoms with van der Waals surface area (Å²) in [6.45, 7) is 12.4. The molecule has 3 unspecified atom stereocenters. The number of benzene rings is 2. The maximum atomic E-state index is 3.60. The first kappa shape index (κ1) is 32.2. The van der Waals surface area contributed by atoms with Crippen LogP contribution in [0.4, 0.5) is 0 Å². The lowest BCUT2D eigenvalue weighted by molar-refractivity contribution is 0.452. The van der Waals surface area contributed by atoms with Crippen molar-refractivity contribution in [1.82, 2.24) is 0 Å². The molecule has 0 radical (unpaired) electrons. The molecule has 0 saturated carbocycles. The summed E-state index contributed by atoms with van der Waals surface area (Å²) in [6, 6.07) is 18.3. The minimum Gasteiger partial charge on any atom is -0.183 e. The van der Waals surface area contributed by atoms with Crippen LogP contribution in [0.5, 0.6) is 0 Å². The Labute approximate surface area is 244 Å². The van der Waals surface area contributed by atoms with Crippen molar-refractivity contribution in [3.63, 3.8) is 0 Å². The molecule has 0 nitrogen and oxygen atoms in total. The van der Waals surface area contributed by atoms with Gasteiger partial charge in [-0.3, -0.25) is 0 Å². The molecule has 0 aromatic heterocycles. The fraction of sp³-hybridized carbons (Fsp3) is 0.316. The summed E-state index contributed by atoms with van der Waals surface area (Å²) in [7, 11) is 0. The molecule has 0 saturated heterocycles. The molecular weight excluding hydrogens is 488 g/mol. The fourth-order valence-corrected chi connectivity index (χ4v) is 6.05. The Morgan fingerprint density at radius 3 is 2.44 bits per heavy atom. The van der Waals surface area contributed by atoms with E-state index in [1.54, 1.807) is 17.9 Å². The van der Waals surface area contributed by atoms with E-state index in [1.807, 2.05) is 6.08 Å². The highest BCUT2D eigenvalue weighted by Gasteiger charge is 2.50. The van der Waals surface area contributed by atoms with Crippen molar-refractivity contribution in [2.45, 2.75) is 59.8 Å². The maximum absolute atomic E-state index is 3.60. The highest BCUT2D eigenvalue weighted by Crippen LogP contribution is 2.59. The molecule has 206 valence electrons. The predicted molar refractivity (Wildman–Crippen MR) is 180 cm³/mol. The van der Waals surface area contributed by atoms with Gasteiger partial charge >= 0.3 is 0 Å². The van der Waals surface area contributed by atoms with E-state index in [4.69, 9.17) is 0 Å². The number of hydrogen-bond acceptors (Lipinski definition) is 1. The largest absolute Gasteiger partial charge is 0.183 e. The SMILES string of the molecule is C.C=C/C=C(C)\C=C/CC.CS.Cc1ccc2c(c1)C(c1ccccc1)(C1C=CC=CC1)C1=C2C(C)CC=C1. The van der Waals surface area contributed by atoms with Gasteiger partial charge < -0.3 is 0 Å². The van der Waals surface area contributed by atoms with Crippen LogP contribution in [0.3, 0.4) is 0 Å². The lowest BCUT2D eigenvalue weighted by atomic mass is 9.61. The van der Waals surface area contributed by atoms with E-state index >= 15 is 0 Å². The summed E-state index contributed by atoms with van der Waals surface area (Å²) in [5.41, 5.74) is 10.0. The molecule has 1 heteroatoms. The van der Waals surface area contributed by atoms with E-state index in [9.17, 15) is 0 Å². The fourth-order valence-electron chi connectivity index (χ4n) is 6.05. The summed E-state index contributed by atoms with van der Waals surface area (Å²) in [4.78, 5) is 0. The predicted octanol–water partition coefficient (Wildman–Crippen LogP) is 11.0. The Bertz CT molecular complexity index is 1270. The van der Waals surface area contributed by atoms with E-state index in [0.29, 0.717) is 11.8 Å². The quantitative estimate of drug-likeness (QED) is 0.285. The van der Waals surface area contributed by atoms with Crippen LogP contribution in [0, 0.1) is 18.8 Å². The van der Waals surface area contributed by atoms with Crippen molar-refractivity contribution in [2.75, 3.05) is 6.26 Å². The number of thiol groups is 1. The van der Waals surface area contributed by atoms with Gasteiger partial charge in [-0.1, -0.05) is 148 Å². The third kappa shape index (κ3) is 6.76. The number of hydrogen-bond donors (Lipinski definition) is 1. The highest BCUT2D eigenvalue weighted by molar-refractivity contribution is 7.79. The average molecular weight is 537 g/mol. The van der Waals surface area contributed by atoms with Gasteiger partial charge in [0.2, 0.25) is 0 Å². The first-order valence-electron chi connectivity index (χ1n) is 13.9. The standard InChI is InChI=1S/C27H26.C9H14.CH4S.CH4/c1-19-16-17-23-25(18-19)27(21-11-5-3-6-12-21,22-13-7-4-8-14-22)24-15-9-10-20(2)26(23)24;1-4-6-8-9(3)7-5-2;1-2;/h3-9,11-13,15-18,20,22H,10,14H2,1-2H3;5-8H,2,4H2,1,3H3;2H,1H3;1H4/b;8-6-,9-7-;;. The van der Waals surface area contributed by atoms with Crippen LogP contribution in [-0.4, -0.2) is 6.26 Å². The zero-order valence-electron chi connectivity index (χ0n) is 23.8. The molecule has 0 amide bonds. The Morgan fingerprint density at radius 2 is 1.79 bits per heavy atom. The van der Waals surface area contributed by atoms with Crippen LogP contribution < -0.4 is 0 Å². The molecular formula is C38H48S. The Kier molecular flexibility index (Phi) is 12.8. The second-order valence-electron chi connectivity index (χ2n) is 10.2. The van der Waals surface area contributed by atoms with Gasteiger partial charge in [-0.2, -0.15) is 12.6 Å². The van der Waals surface area contributed by atoms with E-state index in [-0.39, 0.29) is 12.8 Å². The zero-order valence-corrected chi connectivity index (χ0v) is 24.7. The van der Waals surface area contributed by atoms with Crippen LogP contribution in [0.1, 0.15) is 69.7 Å². The topological polar surface area (TPSA) is 0 Å². The van der Waals surface area contributed by atoms with Crippen LogP contribution in [0.2, 0.25) is 0 Å². The number of aryl methyl sites for hydroxylation is 1. The van der Waals surface area contributed by atoms with Gasteiger partial charge in [0.1, 0.15) is 0 Å². The molecule has 2 aromatic carbocycles. The number of rotatable bonds is 5. The van der Waals surface area contributed by atoms with Gasteiger partial charge in [-0.05, 0) is 79.0 Å². The minimum atomic E-state index is -0.0929. The molecule has 2 aromatic rings. The van der Waals surface area contributed by atoms with Crippen LogP contribution in [0.25, 0.3) is 5.57 Å². The molecule has 5 rings (SSSR count). The Hall–Kier alpha value is -3.03. The van der Waals surface area contributed by atoms with Crippen LogP contribution in [-0.2, 0) is 5.41 Å². The number of fused-ring (bicyclic) bond motifs is 2. The van der Waals surface area contributed by atoms with Crippen molar-refractivity contribution in [1.29, 1.82) is 0 Å². The van der Waals surface area contributed by atoms with Crippen molar-refractivity contribution in [2.24, 2.45) is 11.8 Å². The van der Waals surface area contributed by atoms with Gasteiger partial charge in [0.25, 0.3) is 0 Å². The van der Waals surface area contributed by atoms with Gasteiger partial charge in [-0.15, -0.1) is 0 Å². The molecule has 3 aliphatic carbocycles. The van der Waals surface area contributed by atoms with E-state index in [1.165, 1.54) is 33.4 Å². The third-order valence-electron chi connectivity index (χ3n) is 7.64. The van der Waals surface area contributed by atoms with Crippen LogP contribution >= 0.6 is 12.6 Å². The normalized spacial score (nSPS) is 22.7. The first-order valence-corrected chi connectivity index (χ1v) is 14.8. The Balaban J connectivity index is 0.000000384. The molecule has 39 heavy (non-hydrogen) atoms. The third-order valence-corrected chi connectivity index (χ3v) is 7.64. The van der Waals surface area contributed by atoms with E-state index in [0.717, 1.165) is 19.3 Å². The molecule has 0 heterocycles. The lowest BCUT2D eigenvalue weighted by Crippen LogP contribution is -2.36. The molecule has 0 fully saturated rings. The van der Waals surface area contributed by atoms with Gasteiger partial charge in [0.15, 0.2) is 0 Å². The molecule has 0 aliphatic heterocycles. The second-order valence-corrected chi connectivity index (χ2v) is 10.2. The van der Waals surface area contributed by atoms with Crippen molar-refractivity contribution in [3.8, 4) is 0 Å². The van der Waals surface area contributed by atoms with Crippen molar-refractivity contribution < 1.29 is 0 Å². The summed E-state index contributed by atoms with van der Waals surface area (Å²) in [5, 5.41) is 0. The summed E-state index contributed by atoms with van der Waals surface area (Å²) >= 11 is 3.53. The highest BCUT2D eigenvalue weighted by atomic mass is 32.1. The van der Waals surface area contributed by atoms with E-state index in [2.05, 4.69) is 144 Å². The maximum Gasteiger partial charge on any atom is 0.0525 e. The monoisotopic (exact) mass is 536 g/mol. The van der Waals surface area contributed by atoms with E-state index < -0.39 is 0 Å². The van der Waals surface area contributed by atoms with Crippen LogP contribution in [0.15, 0.2) is 127 Å². The molecule has 3 aliphatic rings. The van der Waals surface area contributed by atoms with Crippen molar-refractivity contribution in [3.05, 3.63) is 149 Å². The lowest BCUT2D eigenvalue weighted by Gasteiger charge is -2.41. The molecule has 0 spiro atoms. The summed E-state index contributed by atoms with van der Waals surface area (Å²) < 4.78 is 0. The Morgan fingerprint density at radius 1 is 1.05 bits per heavy atom. The van der Waals surface area contributed by atoms with Gasteiger partial charge in [0, 0.05) is 0 Å². The van der Waals surface area contributed by atoms with Gasteiger partial charge in [0.05, 0.1) is 5.41 Å². The zero-order chi connectivity index (χ0) is 27.5. The minimum absolute atomic E-state index is 0. The first-order chi connectivity index (χ1) is 18.5. The molecule has 0 bridgehead atoms. The number of allylic oxidation sites excluding steroid dienone is 13. The van der Waals surface area contributed by atoms with Crippen molar-refractivity contribution >= 4 is 18.2 Å². The molecule has 3 atom stereocenters.